The lowest BCUT2D eigenvalue weighted by atomic mass is 10.2. The molecule has 2 heterocycles. The van der Waals surface area contributed by atoms with Gasteiger partial charge in [0.25, 0.3) is 0 Å². The van der Waals surface area contributed by atoms with Crippen LogP contribution in [0.5, 0.6) is 0 Å². The van der Waals surface area contributed by atoms with Gasteiger partial charge in [0.15, 0.2) is 0 Å². The fourth-order valence-electron chi connectivity index (χ4n) is 2.54. The molecular formula is C14H27N5O. The molecule has 20 heavy (non-hydrogen) atoms. The second-order valence-electron chi connectivity index (χ2n) is 5.79. The molecule has 1 aliphatic heterocycles. The second-order valence-corrected chi connectivity index (χ2v) is 5.79. The Bertz CT molecular complexity index is 362. The van der Waals surface area contributed by atoms with Gasteiger partial charge in [-0.25, -0.2) is 0 Å². The average Bonchev–Trinajstić information content (AvgIpc) is 2.92. The van der Waals surface area contributed by atoms with Crippen LogP contribution >= 0.6 is 0 Å². The molecule has 2 rings (SSSR count). The zero-order chi connectivity index (χ0) is 14.4. The molecule has 1 N–H and O–H groups in total. The number of piperazine rings is 1. The third-order valence-corrected chi connectivity index (χ3v) is 3.86. The maximum absolute atomic E-state index is 10.2. The van der Waals surface area contributed by atoms with Crippen LogP contribution < -0.4 is 0 Å². The molecule has 0 radical (unpaired) electrons. The Morgan fingerprint density at radius 1 is 1.30 bits per heavy atom. The molecule has 0 amide bonds. The molecule has 1 fully saturated rings. The van der Waals surface area contributed by atoms with Gasteiger partial charge < -0.3 is 14.9 Å². The minimum atomic E-state index is -0.277. The van der Waals surface area contributed by atoms with E-state index in [-0.39, 0.29) is 6.10 Å². The van der Waals surface area contributed by atoms with Gasteiger partial charge in [0, 0.05) is 58.2 Å². The first-order valence-electron chi connectivity index (χ1n) is 7.38. The van der Waals surface area contributed by atoms with Crippen molar-refractivity contribution < 1.29 is 5.11 Å². The van der Waals surface area contributed by atoms with Crippen molar-refractivity contribution in [1.82, 2.24) is 24.5 Å². The number of aliphatic hydroxyl groups is 1. The van der Waals surface area contributed by atoms with Gasteiger partial charge in [-0.3, -0.25) is 9.58 Å². The van der Waals surface area contributed by atoms with Crippen LogP contribution in [0.4, 0.5) is 0 Å². The highest BCUT2D eigenvalue weighted by molar-refractivity contribution is 4.78. The predicted molar refractivity (Wildman–Crippen MR) is 79.7 cm³/mol. The first-order valence-corrected chi connectivity index (χ1v) is 7.38. The minimum absolute atomic E-state index is 0.277. The van der Waals surface area contributed by atoms with E-state index in [2.05, 4.69) is 33.9 Å². The quantitative estimate of drug-likeness (QED) is 0.725. The van der Waals surface area contributed by atoms with Crippen molar-refractivity contribution in [1.29, 1.82) is 0 Å². The fourth-order valence-corrected chi connectivity index (χ4v) is 2.54. The predicted octanol–water partition coefficient (Wildman–Crippen LogP) is -0.577. The third-order valence-electron chi connectivity index (χ3n) is 3.86. The van der Waals surface area contributed by atoms with Crippen LogP contribution in [0.1, 0.15) is 0 Å². The lowest BCUT2D eigenvalue weighted by Crippen LogP contribution is -2.48. The molecule has 1 aromatic heterocycles. The summed E-state index contributed by atoms with van der Waals surface area (Å²) in [4.78, 5) is 6.85. The van der Waals surface area contributed by atoms with Crippen molar-refractivity contribution in [3.63, 3.8) is 0 Å². The number of β-amino-alcohol motifs (C(OH)–C–C–N with tert-alkyl or cyclic N) is 1. The molecule has 6 heteroatoms. The molecule has 1 unspecified atom stereocenters. The van der Waals surface area contributed by atoms with Crippen molar-refractivity contribution in [2.75, 3.05) is 59.9 Å². The maximum Gasteiger partial charge on any atom is 0.0793 e. The van der Waals surface area contributed by atoms with E-state index >= 15 is 0 Å². The summed E-state index contributed by atoms with van der Waals surface area (Å²) in [6.07, 6.45) is 3.48. The number of rotatable bonds is 7. The van der Waals surface area contributed by atoms with Crippen LogP contribution in [0, 0.1) is 0 Å². The largest absolute Gasteiger partial charge is 0.390 e. The Balaban J connectivity index is 1.62. The monoisotopic (exact) mass is 281 g/mol. The Labute approximate surface area is 121 Å². The summed E-state index contributed by atoms with van der Waals surface area (Å²) in [5.41, 5.74) is 0. The third kappa shape index (κ3) is 5.20. The van der Waals surface area contributed by atoms with Crippen LogP contribution in [-0.4, -0.2) is 95.6 Å². The van der Waals surface area contributed by atoms with Gasteiger partial charge in [-0.15, -0.1) is 0 Å². The van der Waals surface area contributed by atoms with Crippen LogP contribution in [0.3, 0.4) is 0 Å². The van der Waals surface area contributed by atoms with E-state index in [0.717, 1.165) is 45.8 Å². The van der Waals surface area contributed by atoms with Gasteiger partial charge in [-0.2, -0.15) is 5.10 Å². The standard InChI is InChI=1S/C14H27N5O/c1-16-6-9-18(10-7-16)13-14(20)12-17(2)8-11-19-5-3-4-15-19/h3-5,14,20H,6-13H2,1-2H3. The zero-order valence-corrected chi connectivity index (χ0v) is 12.6. The summed E-state index contributed by atoms with van der Waals surface area (Å²) in [5, 5.41) is 14.4. The van der Waals surface area contributed by atoms with Gasteiger partial charge in [0.05, 0.1) is 12.6 Å². The molecule has 0 aliphatic carbocycles. The molecule has 0 saturated carbocycles. The SMILES string of the molecule is CN1CCN(CC(O)CN(C)CCn2cccn2)CC1. The summed E-state index contributed by atoms with van der Waals surface area (Å²) >= 11 is 0. The smallest absolute Gasteiger partial charge is 0.0793 e. The maximum atomic E-state index is 10.2. The molecule has 1 atom stereocenters. The van der Waals surface area contributed by atoms with Gasteiger partial charge in [-0.05, 0) is 20.2 Å². The lowest BCUT2D eigenvalue weighted by molar-refractivity contribution is 0.0600. The number of likely N-dealkylation sites (N-methyl/N-ethyl adjacent to an activating group) is 2. The van der Waals surface area contributed by atoms with Crippen molar-refractivity contribution in [2.45, 2.75) is 12.6 Å². The van der Waals surface area contributed by atoms with Crippen molar-refractivity contribution >= 4 is 0 Å². The summed E-state index contributed by atoms with van der Waals surface area (Å²) in [7, 11) is 4.20. The van der Waals surface area contributed by atoms with Crippen LogP contribution in [-0.2, 0) is 6.54 Å². The van der Waals surface area contributed by atoms with Gasteiger partial charge in [-0.1, -0.05) is 0 Å². The van der Waals surface area contributed by atoms with Gasteiger partial charge in [0.2, 0.25) is 0 Å². The molecule has 6 nitrogen and oxygen atoms in total. The van der Waals surface area contributed by atoms with Gasteiger partial charge in [0.1, 0.15) is 0 Å². The van der Waals surface area contributed by atoms with Crippen LogP contribution in [0.2, 0.25) is 0 Å². The number of aliphatic hydroxyl groups excluding tert-OH is 1. The summed E-state index contributed by atoms with van der Waals surface area (Å²) in [6.45, 7) is 7.58. The Kier molecular flexibility index (Phi) is 5.97. The second kappa shape index (κ2) is 7.73. The average molecular weight is 281 g/mol. The van der Waals surface area contributed by atoms with E-state index in [4.69, 9.17) is 0 Å². The zero-order valence-electron chi connectivity index (χ0n) is 12.6. The van der Waals surface area contributed by atoms with Crippen LogP contribution in [0.25, 0.3) is 0 Å². The molecule has 1 saturated heterocycles. The topological polar surface area (TPSA) is 47.8 Å². The van der Waals surface area contributed by atoms with Crippen molar-refractivity contribution in [2.24, 2.45) is 0 Å². The highest BCUT2D eigenvalue weighted by Crippen LogP contribution is 2.01. The molecule has 0 bridgehead atoms. The number of nitrogens with zero attached hydrogens (tertiary/aromatic N) is 5. The Morgan fingerprint density at radius 3 is 2.70 bits per heavy atom. The van der Waals surface area contributed by atoms with Gasteiger partial charge >= 0.3 is 0 Å². The first kappa shape index (κ1) is 15.4. The van der Waals surface area contributed by atoms with E-state index in [0.29, 0.717) is 6.54 Å². The fraction of sp³-hybridized carbons (Fsp3) is 0.786. The summed E-state index contributed by atoms with van der Waals surface area (Å²) in [5.74, 6) is 0. The Hall–Kier alpha value is -0.950. The highest BCUT2D eigenvalue weighted by atomic mass is 16.3. The number of aromatic nitrogens is 2. The lowest BCUT2D eigenvalue weighted by Gasteiger charge is -2.34. The minimum Gasteiger partial charge on any atom is -0.390 e. The number of hydrogen-bond donors (Lipinski definition) is 1. The first-order chi connectivity index (χ1) is 9.63. The summed E-state index contributed by atoms with van der Waals surface area (Å²) in [6, 6.07) is 1.93. The number of hydrogen-bond acceptors (Lipinski definition) is 5. The van der Waals surface area contributed by atoms with Crippen molar-refractivity contribution in [3.8, 4) is 0 Å². The van der Waals surface area contributed by atoms with E-state index in [9.17, 15) is 5.11 Å². The Morgan fingerprint density at radius 2 is 2.05 bits per heavy atom. The molecule has 1 aromatic rings. The normalized spacial score (nSPS) is 19.6. The molecule has 1 aliphatic rings. The highest BCUT2D eigenvalue weighted by Gasteiger charge is 2.17. The van der Waals surface area contributed by atoms with Crippen LogP contribution in [0.15, 0.2) is 18.5 Å². The molecule has 114 valence electrons. The van der Waals surface area contributed by atoms with E-state index in [1.807, 2.05) is 16.9 Å². The van der Waals surface area contributed by atoms with E-state index < -0.39 is 0 Å². The molecule has 0 spiro atoms. The van der Waals surface area contributed by atoms with E-state index in [1.54, 1.807) is 6.20 Å². The van der Waals surface area contributed by atoms with Crippen molar-refractivity contribution in [3.05, 3.63) is 18.5 Å². The molecular weight excluding hydrogens is 254 g/mol. The molecule has 0 aromatic carbocycles. The summed E-state index contributed by atoms with van der Waals surface area (Å²) < 4.78 is 1.92. The van der Waals surface area contributed by atoms with E-state index in [1.165, 1.54) is 0 Å².